The molecule has 18 nitrogen and oxygen atoms in total. The van der Waals surface area contributed by atoms with Crippen molar-refractivity contribution in [1.82, 2.24) is 50.1 Å². The number of phenolic OH excluding ortho intramolecular Hbond substituents is 1. The summed E-state index contributed by atoms with van der Waals surface area (Å²) >= 11 is 1.60. The molecular formula is C60H80N12O6S. The number of hydrogen-bond acceptors (Lipinski definition) is 16. The van der Waals surface area contributed by atoms with Crippen LogP contribution in [0.3, 0.4) is 0 Å². The van der Waals surface area contributed by atoms with Gasteiger partial charge in [0.15, 0.2) is 11.6 Å². The van der Waals surface area contributed by atoms with Crippen LogP contribution in [0.1, 0.15) is 119 Å². The molecule has 3 aromatic heterocycles. The Morgan fingerprint density at radius 1 is 0.924 bits per heavy atom. The predicted molar refractivity (Wildman–Crippen MR) is 306 cm³/mol. The zero-order valence-corrected chi connectivity index (χ0v) is 47.4. The lowest BCUT2D eigenvalue weighted by molar-refractivity contribution is -0.141. The number of nitrogens with two attached hydrogens (primary N) is 1. The van der Waals surface area contributed by atoms with Gasteiger partial charge in [-0.15, -0.1) is 11.3 Å². The Morgan fingerprint density at radius 3 is 2.37 bits per heavy atom. The van der Waals surface area contributed by atoms with Crippen molar-refractivity contribution < 1.29 is 29.1 Å². The van der Waals surface area contributed by atoms with Crippen molar-refractivity contribution in [2.75, 3.05) is 64.3 Å². The number of rotatable bonds is 17. The number of imidazole rings is 1. The minimum atomic E-state index is -0.795. The number of ether oxygens (including phenoxy) is 1. The van der Waals surface area contributed by atoms with Crippen LogP contribution < -0.4 is 21.4 Å². The number of allylic oxidation sites excluding steroid dienone is 2. The number of carbonyl (C=O) groups excluding carboxylic acids is 2. The number of aryl methyl sites for hydroxylation is 1. The molecule has 2 amide bonds. The normalized spacial score (nSPS) is 23.9. The first-order valence-corrected chi connectivity index (χ1v) is 29.7. The largest absolute Gasteiger partial charge is 0.507 e. The maximum Gasteiger partial charge on any atom is 0.243 e. The van der Waals surface area contributed by atoms with Crippen molar-refractivity contribution in [2.24, 2.45) is 23.5 Å². The van der Waals surface area contributed by atoms with E-state index in [0.717, 1.165) is 141 Å². The van der Waals surface area contributed by atoms with E-state index >= 15 is 0 Å². The maximum atomic E-state index is 14.4. The summed E-state index contributed by atoms with van der Waals surface area (Å²) in [5.41, 5.74) is 17.9. The number of amides is 2. The smallest absolute Gasteiger partial charge is 0.243 e. The molecule has 6 aliphatic rings. The molecule has 19 heteroatoms. The molecule has 2 aromatic carbocycles. The number of hydrogen-bond donors (Lipinski definition) is 5. The highest BCUT2D eigenvalue weighted by Gasteiger charge is 2.44. The average molecular weight is 1100 g/mol. The quantitative estimate of drug-likeness (QED) is 0.0618. The standard InChI is InChI=1S/C60H80N12O6S/c1-37(2)56(60(76)72-34-46(73)29-52(72)59(75)64-38(3)42-10-12-43(13-11-42)57-39(4)63-36-79-57)54-31-55(66-78-54)70-24-16-41(17-25-70)32-68-20-18-47(19-21-68)77-48-27-45(28-48)69-22-14-40(15-23-69)26-44-33-71(35-62-44)51-30-50(67(5)65-58(51)61)49-8-6-7-9-53(49)74/h6-13,30-31,33,35-38,40-41,45-48,52,56,65,73-74H,14-29,32,34,61H2,1-5H3,(H,64,75)/t38-,45?,46+,48?,52-,56+/m0/s1. The van der Waals surface area contributed by atoms with Crippen LogP contribution >= 0.6 is 11.3 Å². The minimum Gasteiger partial charge on any atom is -0.507 e. The number of aromatic hydroxyl groups is 1. The highest BCUT2D eigenvalue weighted by Crippen LogP contribution is 2.38. The fourth-order valence-corrected chi connectivity index (χ4v) is 13.8. The molecular weight excluding hydrogens is 1020 g/mol. The number of aromatic nitrogens is 4. The Hall–Kier alpha value is -6.25. The van der Waals surface area contributed by atoms with Crippen LogP contribution in [-0.4, -0.2) is 151 Å². The molecule has 1 aliphatic carbocycles. The Morgan fingerprint density at radius 2 is 1.66 bits per heavy atom. The molecule has 11 rings (SSSR count). The van der Waals surface area contributed by atoms with Crippen LogP contribution in [0.15, 0.2) is 89.1 Å². The number of benzene rings is 2. The second-order valence-electron chi connectivity index (χ2n) is 23.6. The predicted octanol–water partition coefficient (Wildman–Crippen LogP) is 7.35. The van der Waals surface area contributed by atoms with Gasteiger partial charge in [-0.2, -0.15) is 0 Å². The summed E-state index contributed by atoms with van der Waals surface area (Å²) in [6, 6.07) is 16.9. The molecule has 422 valence electrons. The number of nitrogens with one attached hydrogen (secondary N) is 2. The summed E-state index contributed by atoms with van der Waals surface area (Å²) in [5, 5.41) is 30.7. The first kappa shape index (κ1) is 54.7. The number of para-hydroxylation sites is 1. The van der Waals surface area contributed by atoms with Crippen molar-refractivity contribution in [2.45, 2.75) is 134 Å². The lowest BCUT2D eigenvalue weighted by Crippen LogP contribution is -2.52. The molecule has 0 unspecified atom stereocenters. The maximum absolute atomic E-state index is 14.4. The van der Waals surface area contributed by atoms with Crippen molar-refractivity contribution in [1.29, 1.82) is 0 Å². The Labute approximate surface area is 468 Å². The molecule has 5 fully saturated rings. The molecule has 1 saturated carbocycles. The monoisotopic (exact) mass is 1100 g/mol. The Kier molecular flexibility index (Phi) is 16.5. The summed E-state index contributed by atoms with van der Waals surface area (Å²) in [4.78, 5) is 47.7. The van der Waals surface area contributed by atoms with Gasteiger partial charge < -0.3 is 54.7 Å². The third-order valence-corrected chi connectivity index (χ3v) is 18.8. The number of aliphatic hydroxyl groups excluding tert-OH is 1. The summed E-state index contributed by atoms with van der Waals surface area (Å²) in [6.45, 7) is 15.3. The zero-order chi connectivity index (χ0) is 54.9. The van der Waals surface area contributed by atoms with Gasteiger partial charge in [0.05, 0.1) is 63.9 Å². The SMILES string of the molecule is Cc1ncsc1-c1ccc([C@H](C)NC(=O)[C@@H]2C[C@@H](O)CN2C(=O)[C@@H](c2cc(N3CCC(CN4CCC(OC5CC(N6CCC(Cc7cn(C8=C(N)NN(C)C(c9ccccc9O)=C8)cn7)CC6)C5)CC4)CC3)no2)C(C)C)cc1. The second-order valence-corrected chi connectivity index (χ2v) is 24.5. The van der Waals surface area contributed by atoms with Crippen LogP contribution in [0.2, 0.25) is 0 Å². The van der Waals surface area contributed by atoms with E-state index in [-0.39, 0.29) is 42.5 Å². The molecule has 0 bridgehead atoms. The number of nitrogens with zero attached hydrogens (tertiary/aromatic N) is 9. The van der Waals surface area contributed by atoms with Gasteiger partial charge in [0, 0.05) is 76.6 Å². The molecule has 4 saturated heterocycles. The summed E-state index contributed by atoms with van der Waals surface area (Å²) in [6.07, 6.45) is 15.9. The molecule has 0 spiro atoms. The molecule has 0 radical (unpaired) electrons. The first-order valence-electron chi connectivity index (χ1n) is 28.9. The number of likely N-dealkylation sites (tertiary alicyclic amines) is 3. The van der Waals surface area contributed by atoms with Gasteiger partial charge in [-0.25, -0.2) is 9.97 Å². The molecule has 5 aromatic rings. The number of hydrazine groups is 1. The molecule has 8 heterocycles. The van der Waals surface area contributed by atoms with E-state index in [1.807, 2.05) is 111 Å². The van der Waals surface area contributed by atoms with Crippen LogP contribution in [0.4, 0.5) is 5.82 Å². The van der Waals surface area contributed by atoms with E-state index in [0.29, 0.717) is 41.7 Å². The number of thiazole rings is 1. The van der Waals surface area contributed by atoms with Gasteiger partial charge >= 0.3 is 0 Å². The van der Waals surface area contributed by atoms with Crippen molar-refractivity contribution in [3.63, 3.8) is 0 Å². The van der Waals surface area contributed by atoms with Crippen molar-refractivity contribution in [3.8, 4) is 16.2 Å². The van der Waals surface area contributed by atoms with Crippen LogP contribution in [0.25, 0.3) is 21.8 Å². The lowest BCUT2D eigenvalue weighted by atomic mass is 9.84. The highest BCUT2D eigenvalue weighted by atomic mass is 32.1. The third-order valence-electron chi connectivity index (χ3n) is 17.8. The fourth-order valence-electron chi connectivity index (χ4n) is 13.0. The average Bonchev–Trinajstić information content (AvgIpc) is 4.33. The van der Waals surface area contributed by atoms with E-state index in [1.54, 1.807) is 22.3 Å². The summed E-state index contributed by atoms with van der Waals surface area (Å²) in [5.74, 6) is 1.93. The molecule has 4 atom stereocenters. The van der Waals surface area contributed by atoms with Crippen molar-refractivity contribution >= 4 is 40.4 Å². The number of piperidine rings is 3. The number of β-amino-alcohol motifs (C(OH)–C–C–N with tert-alkyl or cyclic N) is 1. The van der Waals surface area contributed by atoms with Gasteiger partial charge in [0.2, 0.25) is 11.8 Å². The number of phenols is 1. The van der Waals surface area contributed by atoms with E-state index in [2.05, 4.69) is 41.8 Å². The summed E-state index contributed by atoms with van der Waals surface area (Å²) in [7, 11) is 1.88. The number of anilines is 1. The lowest BCUT2D eigenvalue weighted by Gasteiger charge is -2.47. The fraction of sp³-hybridized carbons (Fsp3) is 0.550. The van der Waals surface area contributed by atoms with Crippen molar-refractivity contribution in [3.05, 3.63) is 113 Å². The van der Waals surface area contributed by atoms with Crippen LogP contribution in [0, 0.1) is 24.7 Å². The molecule has 79 heavy (non-hydrogen) atoms. The zero-order valence-electron chi connectivity index (χ0n) is 46.5. The molecule has 5 aliphatic heterocycles. The van der Waals surface area contributed by atoms with Gasteiger partial charge in [0.1, 0.15) is 23.5 Å². The van der Waals surface area contributed by atoms with Gasteiger partial charge in [-0.1, -0.05) is 55.4 Å². The van der Waals surface area contributed by atoms with E-state index in [9.17, 15) is 19.8 Å². The molecule has 6 N–H and O–H groups in total. The second kappa shape index (κ2) is 23.8. The summed E-state index contributed by atoms with van der Waals surface area (Å²) < 4.78 is 14.7. The topological polar surface area (TPSA) is 207 Å². The van der Waals surface area contributed by atoms with E-state index in [4.69, 9.17) is 20.0 Å². The van der Waals surface area contributed by atoms with E-state index in [1.165, 1.54) is 12.8 Å². The van der Waals surface area contributed by atoms with E-state index < -0.39 is 18.1 Å². The first-order chi connectivity index (χ1) is 38.2. The van der Waals surface area contributed by atoms with Gasteiger partial charge in [-0.05, 0) is 132 Å². The Bertz CT molecular complexity index is 2960. The highest BCUT2D eigenvalue weighted by molar-refractivity contribution is 7.13. The Balaban J connectivity index is 0.581. The number of carbonyl (C=O) groups is 2. The minimum absolute atomic E-state index is 0.0919. The van der Waals surface area contributed by atoms with Crippen LogP contribution in [-0.2, 0) is 20.7 Å². The van der Waals surface area contributed by atoms with Crippen LogP contribution in [0.5, 0.6) is 5.75 Å². The third kappa shape index (κ3) is 12.3. The number of aliphatic hydroxyl groups is 1. The van der Waals surface area contributed by atoms with Gasteiger partial charge in [-0.3, -0.25) is 20.0 Å². The van der Waals surface area contributed by atoms with Gasteiger partial charge in [0.25, 0.3) is 0 Å².